The third-order valence-corrected chi connectivity index (χ3v) is 4.74. The molecule has 1 atom stereocenters. The van der Waals surface area contributed by atoms with Crippen LogP contribution in [0.1, 0.15) is 31.4 Å². The summed E-state index contributed by atoms with van der Waals surface area (Å²) in [5, 5.41) is 12.0. The van der Waals surface area contributed by atoms with E-state index in [2.05, 4.69) is 16.4 Å². The molecule has 27 heavy (non-hydrogen) atoms. The van der Waals surface area contributed by atoms with Crippen molar-refractivity contribution >= 4 is 29.4 Å². The Morgan fingerprint density at radius 2 is 1.78 bits per heavy atom. The summed E-state index contributed by atoms with van der Waals surface area (Å²) in [5.74, 6) is -0.977. The van der Waals surface area contributed by atoms with Gasteiger partial charge in [-0.25, -0.2) is 0 Å². The Morgan fingerprint density at radius 3 is 2.41 bits per heavy atom. The number of hydrogen-bond acceptors (Lipinski definition) is 3. The summed E-state index contributed by atoms with van der Waals surface area (Å²) in [6, 6.07) is 13.8. The number of benzene rings is 2. The lowest BCUT2D eigenvalue weighted by Crippen LogP contribution is -2.25. The van der Waals surface area contributed by atoms with Gasteiger partial charge in [0.15, 0.2) is 0 Å². The van der Waals surface area contributed by atoms with Crippen LogP contribution in [0.4, 0.5) is 5.69 Å². The van der Waals surface area contributed by atoms with E-state index in [4.69, 9.17) is 0 Å². The molecule has 0 spiro atoms. The topological polar surface area (TPSA) is 78.8 Å². The van der Waals surface area contributed by atoms with Gasteiger partial charge in [-0.2, -0.15) is 0 Å². The quantitative estimate of drug-likeness (QED) is 0.831. The molecule has 0 aliphatic carbocycles. The van der Waals surface area contributed by atoms with Crippen molar-refractivity contribution in [2.45, 2.75) is 32.7 Å². The maximum absolute atomic E-state index is 11.3. The van der Waals surface area contributed by atoms with Gasteiger partial charge in [0.1, 0.15) is 0 Å². The number of carboxylic acid groups (broad SMARTS) is 1. The van der Waals surface area contributed by atoms with Crippen molar-refractivity contribution in [1.82, 2.24) is 0 Å². The van der Waals surface area contributed by atoms with Gasteiger partial charge in [0, 0.05) is 18.8 Å². The standard InChI is InChI=1S/C22H22N2O3/c1-14-4-5-17(20-10-11-23-22(20,3)13-21(26)27)12-19(14)16-6-8-18(9-7-16)24-15(2)25/h4-12H,13H2,1-3H3,(H,24,25)(H,26,27). The number of allylic oxidation sites excluding steroid dienone is 1. The van der Waals surface area contributed by atoms with Crippen LogP contribution in [0.5, 0.6) is 0 Å². The van der Waals surface area contributed by atoms with Crippen LogP contribution in [0.3, 0.4) is 0 Å². The van der Waals surface area contributed by atoms with Crippen LogP contribution in [0.2, 0.25) is 0 Å². The van der Waals surface area contributed by atoms with Crippen LogP contribution in [0, 0.1) is 6.92 Å². The third kappa shape index (κ3) is 3.97. The van der Waals surface area contributed by atoms with E-state index in [9.17, 15) is 14.7 Å². The molecule has 0 saturated carbocycles. The summed E-state index contributed by atoms with van der Waals surface area (Å²) < 4.78 is 0. The number of aliphatic imine (C=N–C) groups is 1. The summed E-state index contributed by atoms with van der Waals surface area (Å²) in [4.78, 5) is 26.8. The molecule has 5 nitrogen and oxygen atoms in total. The van der Waals surface area contributed by atoms with Gasteiger partial charge in [-0.3, -0.25) is 14.6 Å². The van der Waals surface area contributed by atoms with E-state index in [1.165, 1.54) is 6.92 Å². The molecule has 5 heteroatoms. The van der Waals surface area contributed by atoms with Gasteiger partial charge >= 0.3 is 5.97 Å². The zero-order chi connectivity index (χ0) is 19.6. The van der Waals surface area contributed by atoms with E-state index in [-0.39, 0.29) is 12.3 Å². The number of rotatable bonds is 5. The minimum Gasteiger partial charge on any atom is -0.481 e. The molecular formula is C22H22N2O3. The Kier molecular flexibility index (Phi) is 4.95. The van der Waals surface area contributed by atoms with Crippen LogP contribution >= 0.6 is 0 Å². The second kappa shape index (κ2) is 7.19. The van der Waals surface area contributed by atoms with E-state index < -0.39 is 11.5 Å². The van der Waals surface area contributed by atoms with Crippen molar-refractivity contribution in [3.8, 4) is 11.1 Å². The van der Waals surface area contributed by atoms with Crippen LogP contribution in [-0.4, -0.2) is 28.7 Å². The third-order valence-electron chi connectivity index (χ3n) is 4.74. The number of aryl methyl sites for hydroxylation is 1. The van der Waals surface area contributed by atoms with Gasteiger partial charge < -0.3 is 10.4 Å². The fourth-order valence-corrected chi connectivity index (χ4v) is 3.40. The zero-order valence-electron chi connectivity index (χ0n) is 15.6. The number of hydrogen-bond donors (Lipinski definition) is 2. The molecule has 0 fully saturated rings. The molecule has 2 aromatic carbocycles. The van der Waals surface area contributed by atoms with E-state index in [1.54, 1.807) is 6.21 Å². The maximum Gasteiger partial charge on any atom is 0.306 e. The van der Waals surface area contributed by atoms with Gasteiger partial charge in [0.05, 0.1) is 12.0 Å². The van der Waals surface area contributed by atoms with Crippen molar-refractivity contribution in [2.75, 3.05) is 5.32 Å². The molecule has 1 amide bonds. The van der Waals surface area contributed by atoms with E-state index in [1.807, 2.05) is 56.3 Å². The minimum absolute atomic E-state index is 0.0516. The van der Waals surface area contributed by atoms with Gasteiger partial charge in [-0.1, -0.05) is 24.3 Å². The molecule has 2 aromatic rings. The van der Waals surface area contributed by atoms with Crippen molar-refractivity contribution in [3.05, 3.63) is 59.7 Å². The fourth-order valence-electron chi connectivity index (χ4n) is 3.40. The average molecular weight is 362 g/mol. The van der Waals surface area contributed by atoms with Crippen LogP contribution in [0.15, 0.2) is 53.5 Å². The van der Waals surface area contributed by atoms with E-state index in [0.29, 0.717) is 0 Å². The molecule has 2 N–H and O–H groups in total. The molecule has 1 aliphatic rings. The molecule has 1 unspecified atom stereocenters. The Hall–Kier alpha value is -3.21. The Balaban J connectivity index is 1.96. The highest BCUT2D eigenvalue weighted by atomic mass is 16.4. The van der Waals surface area contributed by atoms with Crippen LogP contribution in [0.25, 0.3) is 16.7 Å². The van der Waals surface area contributed by atoms with Crippen molar-refractivity contribution in [1.29, 1.82) is 0 Å². The van der Waals surface area contributed by atoms with E-state index >= 15 is 0 Å². The number of amides is 1. The van der Waals surface area contributed by atoms with Gasteiger partial charge in [-0.05, 0) is 65.9 Å². The van der Waals surface area contributed by atoms with Gasteiger partial charge in [0.25, 0.3) is 0 Å². The first kappa shape index (κ1) is 18.6. The normalized spacial score (nSPS) is 18.3. The Labute approximate surface area is 158 Å². The van der Waals surface area contributed by atoms with Crippen LogP contribution < -0.4 is 5.32 Å². The molecule has 138 valence electrons. The number of carbonyl (C=O) groups excluding carboxylic acids is 1. The number of carboxylic acids is 1. The van der Waals surface area contributed by atoms with Crippen molar-refractivity contribution in [2.24, 2.45) is 4.99 Å². The molecule has 0 aromatic heterocycles. The summed E-state index contributed by atoms with van der Waals surface area (Å²) in [6.07, 6.45) is 3.52. The highest BCUT2D eigenvalue weighted by Crippen LogP contribution is 2.38. The summed E-state index contributed by atoms with van der Waals surface area (Å²) >= 11 is 0. The fraction of sp³-hybridized carbons (Fsp3) is 0.227. The Morgan fingerprint density at radius 1 is 1.11 bits per heavy atom. The molecule has 1 heterocycles. The van der Waals surface area contributed by atoms with Crippen molar-refractivity contribution in [3.63, 3.8) is 0 Å². The monoisotopic (exact) mass is 362 g/mol. The molecule has 1 aliphatic heterocycles. The molecule has 3 rings (SSSR count). The second-order valence-corrected chi connectivity index (χ2v) is 6.99. The largest absolute Gasteiger partial charge is 0.481 e. The maximum atomic E-state index is 11.3. The lowest BCUT2D eigenvalue weighted by atomic mass is 9.84. The molecular weight excluding hydrogens is 340 g/mol. The molecule has 0 saturated heterocycles. The minimum atomic E-state index is -0.872. The van der Waals surface area contributed by atoms with Crippen LogP contribution in [-0.2, 0) is 9.59 Å². The molecule has 0 radical (unpaired) electrons. The first-order chi connectivity index (χ1) is 12.8. The number of nitrogens with one attached hydrogen (secondary N) is 1. The Bertz CT molecular complexity index is 958. The predicted molar refractivity (Wildman–Crippen MR) is 108 cm³/mol. The number of nitrogens with zero attached hydrogens (tertiary/aromatic N) is 1. The SMILES string of the molecule is CC(=O)Nc1ccc(-c2cc(C3=CC=NC3(C)CC(=O)O)ccc2C)cc1. The average Bonchev–Trinajstić information content (AvgIpc) is 2.96. The predicted octanol–water partition coefficient (Wildman–Crippen LogP) is 4.32. The highest BCUT2D eigenvalue weighted by Gasteiger charge is 2.34. The number of aliphatic carboxylic acids is 1. The lowest BCUT2D eigenvalue weighted by Gasteiger charge is -2.24. The number of carbonyl (C=O) groups is 2. The molecule has 0 bridgehead atoms. The lowest BCUT2D eigenvalue weighted by molar-refractivity contribution is -0.137. The second-order valence-electron chi connectivity index (χ2n) is 6.99. The zero-order valence-corrected chi connectivity index (χ0v) is 15.6. The number of anilines is 1. The van der Waals surface area contributed by atoms with Gasteiger partial charge in [-0.15, -0.1) is 0 Å². The summed E-state index contributed by atoms with van der Waals surface area (Å²) in [5.41, 5.74) is 5.07. The highest BCUT2D eigenvalue weighted by molar-refractivity contribution is 5.96. The van der Waals surface area contributed by atoms with Crippen molar-refractivity contribution < 1.29 is 14.7 Å². The smallest absolute Gasteiger partial charge is 0.306 e. The first-order valence-corrected chi connectivity index (χ1v) is 8.75. The van der Waals surface area contributed by atoms with Gasteiger partial charge in [0.2, 0.25) is 5.91 Å². The van der Waals surface area contributed by atoms with E-state index in [0.717, 1.165) is 33.5 Å². The first-order valence-electron chi connectivity index (χ1n) is 8.75. The summed E-state index contributed by atoms with van der Waals surface area (Å²) in [6.45, 7) is 5.36. The summed E-state index contributed by atoms with van der Waals surface area (Å²) in [7, 11) is 0.